The molecule has 1 heterocycles. The van der Waals surface area contributed by atoms with Gasteiger partial charge in [-0.3, -0.25) is 4.79 Å². The van der Waals surface area contributed by atoms with E-state index in [0.29, 0.717) is 18.9 Å². The van der Waals surface area contributed by atoms with Crippen molar-refractivity contribution in [2.75, 3.05) is 0 Å². The first kappa shape index (κ1) is 30.2. The van der Waals surface area contributed by atoms with E-state index in [-0.39, 0.29) is 41.2 Å². The Balaban J connectivity index is 1.77. The van der Waals surface area contributed by atoms with Crippen molar-refractivity contribution >= 4 is 22.2 Å². The van der Waals surface area contributed by atoms with Crippen LogP contribution in [0.25, 0.3) is 11.3 Å². The zero-order valence-electron chi connectivity index (χ0n) is 22.8. The van der Waals surface area contributed by atoms with Gasteiger partial charge in [0.1, 0.15) is 6.29 Å². The minimum absolute atomic E-state index is 0.0551. The molecule has 1 aromatic carbocycles. The van der Waals surface area contributed by atoms with Gasteiger partial charge >= 0.3 is 6.18 Å². The standard InChI is InChI=1S/C28H35F4N3O4S/c1-27(2,3)34-40(38,39)24-10-9-19(13-22(24)28(30,31)32)23-14-21(26(37)33-20-11-18(12-20)16-36)25(29)35(23)15-17-7-5-4-6-8-17/h9-10,13-14,16-18,20,34H,4-8,11-12,15H2,1-3H3,(H,33,37). The molecule has 0 bridgehead atoms. The summed E-state index contributed by atoms with van der Waals surface area (Å²) in [6.45, 7) is 4.73. The molecule has 0 aliphatic heterocycles. The first-order valence-corrected chi connectivity index (χ1v) is 15.0. The molecule has 4 rings (SSSR count). The molecule has 0 atom stereocenters. The van der Waals surface area contributed by atoms with E-state index in [2.05, 4.69) is 10.0 Å². The van der Waals surface area contributed by atoms with E-state index in [0.717, 1.165) is 44.5 Å². The maximum Gasteiger partial charge on any atom is 0.417 e. The van der Waals surface area contributed by atoms with Crippen molar-refractivity contribution in [3.63, 3.8) is 0 Å². The van der Waals surface area contributed by atoms with Gasteiger partial charge in [0.25, 0.3) is 5.91 Å². The van der Waals surface area contributed by atoms with Crippen molar-refractivity contribution in [1.82, 2.24) is 14.6 Å². The maximum atomic E-state index is 15.8. The Hall–Kier alpha value is -2.73. The number of sulfonamides is 1. The molecule has 12 heteroatoms. The van der Waals surface area contributed by atoms with E-state index in [1.165, 1.54) is 37.5 Å². The van der Waals surface area contributed by atoms with Gasteiger partial charge in [0, 0.05) is 24.0 Å². The van der Waals surface area contributed by atoms with Crippen LogP contribution in [-0.4, -0.2) is 36.8 Å². The zero-order valence-corrected chi connectivity index (χ0v) is 23.6. The molecule has 2 fully saturated rings. The lowest BCUT2D eigenvalue weighted by molar-refractivity contribution is -0.139. The lowest BCUT2D eigenvalue weighted by Gasteiger charge is -2.32. The Morgan fingerprint density at radius 2 is 1.73 bits per heavy atom. The van der Waals surface area contributed by atoms with Gasteiger partial charge in [-0.15, -0.1) is 0 Å². The average Bonchev–Trinajstić information content (AvgIpc) is 3.15. The fraction of sp³-hybridized carbons (Fsp3) is 0.571. The summed E-state index contributed by atoms with van der Waals surface area (Å²) in [7, 11) is -4.54. The molecular formula is C28H35F4N3O4S. The molecule has 220 valence electrons. The summed E-state index contributed by atoms with van der Waals surface area (Å²) >= 11 is 0. The van der Waals surface area contributed by atoms with Crippen LogP contribution in [0.4, 0.5) is 17.6 Å². The number of amides is 1. The van der Waals surface area contributed by atoms with Gasteiger partial charge < -0.3 is 14.7 Å². The quantitative estimate of drug-likeness (QED) is 0.308. The number of aromatic nitrogens is 1. The Morgan fingerprint density at radius 3 is 2.30 bits per heavy atom. The van der Waals surface area contributed by atoms with Crippen LogP contribution in [0.1, 0.15) is 81.6 Å². The minimum atomic E-state index is -5.02. The van der Waals surface area contributed by atoms with E-state index in [4.69, 9.17) is 0 Å². The molecule has 2 aliphatic carbocycles. The number of halogens is 4. The molecular weight excluding hydrogens is 550 g/mol. The Bertz CT molecular complexity index is 1370. The van der Waals surface area contributed by atoms with Crippen molar-refractivity contribution < 1.29 is 35.6 Å². The van der Waals surface area contributed by atoms with Crippen LogP contribution >= 0.6 is 0 Å². The number of hydrogen-bond acceptors (Lipinski definition) is 4. The summed E-state index contributed by atoms with van der Waals surface area (Å²) in [4.78, 5) is 22.9. The number of benzene rings is 1. The second-order valence-corrected chi connectivity index (χ2v) is 13.6. The highest BCUT2D eigenvalue weighted by Gasteiger charge is 2.39. The molecule has 0 radical (unpaired) electrons. The van der Waals surface area contributed by atoms with Crippen LogP contribution in [0.15, 0.2) is 29.2 Å². The minimum Gasteiger partial charge on any atom is -0.349 e. The fourth-order valence-electron chi connectivity index (χ4n) is 5.49. The lowest BCUT2D eigenvalue weighted by atomic mass is 9.81. The third kappa shape index (κ3) is 6.76. The van der Waals surface area contributed by atoms with Crippen molar-refractivity contribution in [1.29, 1.82) is 0 Å². The normalized spacial score (nSPS) is 20.7. The summed E-state index contributed by atoms with van der Waals surface area (Å²) in [5.74, 6) is -1.64. The number of carbonyl (C=O) groups is 2. The van der Waals surface area contributed by atoms with Gasteiger partial charge in [0.05, 0.1) is 21.7 Å². The largest absolute Gasteiger partial charge is 0.417 e. The SMILES string of the molecule is CC(C)(C)NS(=O)(=O)c1ccc(-c2cc(C(=O)NC3CC(C=O)C3)c(F)n2CC2CCCCC2)cc1C(F)(F)F. The van der Waals surface area contributed by atoms with Gasteiger partial charge in [-0.05, 0) is 76.1 Å². The average molecular weight is 586 g/mol. The molecule has 7 nitrogen and oxygen atoms in total. The number of alkyl halides is 3. The maximum absolute atomic E-state index is 15.8. The van der Waals surface area contributed by atoms with Gasteiger partial charge in [-0.1, -0.05) is 25.3 Å². The van der Waals surface area contributed by atoms with E-state index in [1.54, 1.807) is 0 Å². The summed E-state index contributed by atoms with van der Waals surface area (Å²) in [6.07, 6.45) is 1.32. The Kier molecular flexibility index (Phi) is 8.52. The number of nitrogens with zero attached hydrogens (tertiary/aromatic N) is 1. The predicted molar refractivity (Wildman–Crippen MR) is 142 cm³/mol. The summed E-state index contributed by atoms with van der Waals surface area (Å²) < 4.78 is 87.6. The molecule has 2 N–H and O–H groups in total. The monoisotopic (exact) mass is 585 g/mol. The summed E-state index contributed by atoms with van der Waals surface area (Å²) in [5.41, 5.74) is -2.70. The van der Waals surface area contributed by atoms with Gasteiger partial charge in [0.2, 0.25) is 16.0 Å². The Morgan fingerprint density at radius 1 is 1.07 bits per heavy atom. The third-order valence-electron chi connectivity index (χ3n) is 7.45. The highest BCUT2D eigenvalue weighted by atomic mass is 32.2. The van der Waals surface area contributed by atoms with Gasteiger partial charge in [-0.25, -0.2) is 13.1 Å². The number of rotatable bonds is 8. The van der Waals surface area contributed by atoms with Crippen LogP contribution in [-0.2, 0) is 27.5 Å². The van der Waals surface area contributed by atoms with E-state index in [1.807, 2.05) is 0 Å². The van der Waals surface area contributed by atoms with Crippen LogP contribution in [0.2, 0.25) is 0 Å². The molecule has 1 amide bonds. The highest BCUT2D eigenvalue weighted by molar-refractivity contribution is 7.89. The Labute approximate surface area is 231 Å². The molecule has 0 unspecified atom stereocenters. The van der Waals surface area contributed by atoms with E-state index < -0.39 is 44.1 Å². The molecule has 1 aromatic heterocycles. The van der Waals surface area contributed by atoms with Crippen LogP contribution < -0.4 is 10.0 Å². The van der Waals surface area contributed by atoms with Crippen molar-refractivity contribution in [3.05, 3.63) is 41.3 Å². The van der Waals surface area contributed by atoms with E-state index in [9.17, 15) is 31.2 Å². The van der Waals surface area contributed by atoms with E-state index >= 15 is 4.39 Å². The van der Waals surface area contributed by atoms with Crippen molar-refractivity contribution in [3.8, 4) is 11.3 Å². The molecule has 2 aliphatic rings. The fourth-order valence-corrected chi connectivity index (χ4v) is 7.11. The predicted octanol–water partition coefficient (Wildman–Crippen LogP) is 5.68. The number of carbonyl (C=O) groups excluding carboxylic acids is 2. The molecule has 2 aromatic rings. The van der Waals surface area contributed by atoms with Crippen molar-refractivity contribution in [2.24, 2.45) is 11.8 Å². The highest BCUT2D eigenvalue weighted by Crippen LogP contribution is 2.39. The molecule has 40 heavy (non-hydrogen) atoms. The first-order chi connectivity index (χ1) is 18.6. The first-order valence-electron chi connectivity index (χ1n) is 13.5. The topological polar surface area (TPSA) is 97.3 Å². The van der Waals surface area contributed by atoms with Crippen molar-refractivity contribution in [2.45, 2.75) is 94.9 Å². The molecule has 0 saturated heterocycles. The van der Waals surface area contributed by atoms with Crippen LogP contribution in [0, 0.1) is 17.8 Å². The molecule has 0 spiro atoms. The smallest absolute Gasteiger partial charge is 0.349 e. The van der Waals surface area contributed by atoms with Gasteiger partial charge in [0.15, 0.2) is 0 Å². The summed E-state index contributed by atoms with van der Waals surface area (Å²) in [5, 5.41) is 2.70. The number of nitrogens with one attached hydrogen (secondary N) is 2. The third-order valence-corrected chi connectivity index (χ3v) is 9.27. The van der Waals surface area contributed by atoms with Crippen LogP contribution in [0.3, 0.4) is 0 Å². The zero-order chi connectivity index (χ0) is 29.5. The second kappa shape index (κ2) is 11.3. The summed E-state index contributed by atoms with van der Waals surface area (Å²) in [6, 6.07) is 3.71. The number of aldehydes is 1. The molecule has 2 saturated carbocycles. The second-order valence-electron chi connectivity index (χ2n) is 12.0. The van der Waals surface area contributed by atoms with Gasteiger partial charge in [-0.2, -0.15) is 17.6 Å². The van der Waals surface area contributed by atoms with Crippen LogP contribution in [0.5, 0.6) is 0 Å². The lowest BCUT2D eigenvalue weighted by Crippen LogP contribution is -2.44. The number of hydrogen-bond donors (Lipinski definition) is 2.